The van der Waals surface area contributed by atoms with Crippen LogP contribution in [0, 0.1) is 13.8 Å². The number of carbonyl (C=O) groups is 1. The van der Waals surface area contributed by atoms with Crippen LogP contribution in [-0.4, -0.2) is 25.1 Å². The van der Waals surface area contributed by atoms with E-state index in [9.17, 15) is 4.79 Å². The molecule has 4 nitrogen and oxygen atoms in total. The summed E-state index contributed by atoms with van der Waals surface area (Å²) in [7, 11) is 3.42. The Morgan fingerprint density at radius 3 is 2.57 bits per heavy atom. The Morgan fingerprint density at radius 1 is 1.29 bits per heavy atom. The van der Waals surface area contributed by atoms with Crippen molar-refractivity contribution in [3.63, 3.8) is 0 Å². The molecule has 0 radical (unpaired) electrons. The number of nitrogens with zero attached hydrogens (tertiary/aromatic N) is 2. The van der Waals surface area contributed by atoms with E-state index in [0.717, 1.165) is 16.5 Å². The lowest BCUT2D eigenvalue weighted by Gasteiger charge is -2.17. The highest BCUT2D eigenvalue weighted by Gasteiger charge is 2.11. The second kappa shape index (κ2) is 6.72. The Balaban J connectivity index is 2.11. The first-order chi connectivity index (χ1) is 9.99. The minimum Gasteiger partial charge on any atom is -0.469 e. The van der Waals surface area contributed by atoms with E-state index in [1.165, 1.54) is 18.2 Å². The molecule has 0 aliphatic rings. The fourth-order valence-corrected chi connectivity index (χ4v) is 3.00. The van der Waals surface area contributed by atoms with Gasteiger partial charge in [-0.1, -0.05) is 6.07 Å². The third-order valence-corrected chi connectivity index (χ3v) is 4.20. The van der Waals surface area contributed by atoms with Crippen molar-refractivity contribution in [1.82, 2.24) is 4.98 Å². The largest absolute Gasteiger partial charge is 0.469 e. The summed E-state index contributed by atoms with van der Waals surface area (Å²) < 4.78 is 4.65. The van der Waals surface area contributed by atoms with Crippen LogP contribution >= 0.6 is 11.3 Å². The maximum atomic E-state index is 11.2. The van der Waals surface area contributed by atoms with Gasteiger partial charge in [0.15, 0.2) is 5.13 Å². The Kier molecular flexibility index (Phi) is 4.96. The molecule has 1 heterocycles. The molecule has 0 N–H and O–H groups in total. The molecule has 0 bridgehead atoms. The summed E-state index contributed by atoms with van der Waals surface area (Å²) in [6, 6.07) is 6.44. The topological polar surface area (TPSA) is 42.4 Å². The van der Waals surface area contributed by atoms with E-state index >= 15 is 0 Å². The van der Waals surface area contributed by atoms with E-state index < -0.39 is 0 Å². The van der Waals surface area contributed by atoms with Crippen LogP contribution in [-0.2, 0) is 16.0 Å². The van der Waals surface area contributed by atoms with Gasteiger partial charge in [0.1, 0.15) is 0 Å². The molecule has 5 heteroatoms. The SMILES string of the molecule is COC(=O)CCc1csc(N(C)c2cc(C)cc(C)c2)n1. The number of anilines is 2. The van der Waals surface area contributed by atoms with Crippen molar-refractivity contribution in [2.45, 2.75) is 26.7 Å². The molecule has 0 aliphatic heterocycles. The number of rotatable bonds is 5. The molecule has 0 atom stereocenters. The van der Waals surface area contributed by atoms with Gasteiger partial charge in [-0.2, -0.15) is 0 Å². The maximum absolute atomic E-state index is 11.2. The molecule has 1 aromatic carbocycles. The van der Waals surface area contributed by atoms with Crippen molar-refractivity contribution >= 4 is 28.1 Å². The Hall–Kier alpha value is -1.88. The number of carbonyl (C=O) groups excluding carboxylic acids is 1. The van der Waals surface area contributed by atoms with Crippen LogP contribution in [0.15, 0.2) is 23.6 Å². The van der Waals surface area contributed by atoms with Crippen LogP contribution in [0.25, 0.3) is 0 Å². The van der Waals surface area contributed by atoms with Crippen LogP contribution < -0.4 is 4.90 Å². The molecule has 0 amide bonds. The van der Waals surface area contributed by atoms with Gasteiger partial charge in [0.25, 0.3) is 0 Å². The minimum absolute atomic E-state index is 0.202. The summed E-state index contributed by atoms with van der Waals surface area (Å²) in [5, 5.41) is 2.93. The van der Waals surface area contributed by atoms with Crippen LogP contribution in [0.5, 0.6) is 0 Å². The van der Waals surface area contributed by atoms with Crippen molar-refractivity contribution < 1.29 is 9.53 Å². The van der Waals surface area contributed by atoms with Crippen molar-refractivity contribution in [2.75, 3.05) is 19.1 Å². The lowest BCUT2D eigenvalue weighted by Crippen LogP contribution is -2.10. The first-order valence-corrected chi connectivity index (χ1v) is 7.71. The first kappa shape index (κ1) is 15.5. The van der Waals surface area contributed by atoms with E-state index in [1.807, 2.05) is 12.4 Å². The number of thiazole rings is 1. The van der Waals surface area contributed by atoms with Gasteiger partial charge in [-0.05, 0) is 37.1 Å². The molecule has 2 aromatic rings. The van der Waals surface area contributed by atoms with Gasteiger partial charge in [-0.15, -0.1) is 11.3 Å². The average Bonchev–Trinajstić information content (AvgIpc) is 2.91. The molecule has 0 spiro atoms. The molecule has 2 rings (SSSR count). The highest BCUT2D eigenvalue weighted by Crippen LogP contribution is 2.28. The number of benzene rings is 1. The molecule has 0 saturated heterocycles. The summed E-state index contributed by atoms with van der Waals surface area (Å²) in [6.45, 7) is 4.18. The predicted octanol–water partition coefficient (Wildman–Crippen LogP) is 3.63. The summed E-state index contributed by atoms with van der Waals surface area (Å²) in [6.07, 6.45) is 0.983. The fourth-order valence-electron chi connectivity index (χ4n) is 2.15. The Morgan fingerprint density at radius 2 is 1.95 bits per heavy atom. The van der Waals surface area contributed by atoms with E-state index in [1.54, 1.807) is 11.3 Å². The van der Waals surface area contributed by atoms with Crippen LogP contribution in [0.2, 0.25) is 0 Å². The normalized spacial score (nSPS) is 10.5. The van der Waals surface area contributed by atoms with Gasteiger partial charge in [0, 0.05) is 24.5 Å². The summed E-state index contributed by atoms with van der Waals surface area (Å²) >= 11 is 1.59. The standard InChI is InChI=1S/C16H20N2O2S/c1-11-7-12(2)9-14(8-11)18(3)16-17-13(10-21-16)5-6-15(19)20-4/h7-10H,5-6H2,1-4H3. The number of hydrogen-bond acceptors (Lipinski definition) is 5. The van der Waals surface area contributed by atoms with Gasteiger partial charge < -0.3 is 9.64 Å². The lowest BCUT2D eigenvalue weighted by atomic mass is 10.1. The zero-order valence-corrected chi connectivity index (χ0v) is 13.7. The smallest absolute Gasteiger partial charge is 0.305 e. The van der Waals surface area contributed by atoms with Crippen molar-refractivity contribution in [3.8, 4) is 0 Å². The number of esters is 1. The summed E-state index contributed by atoms with van der Waals surface area (Å²) in [4.78, 5) is 17.8. The van der Waals surface area contributed by atoms with Crippen molar-refractivity contribution in [3.05, 3.63) is 40.4 Å². The van der Waals surface area contributed by atoms with E-state index in [4.69, 9.17) is 0 Å². The van der Waals surface area contributed by atoms with Crippen molar-refractivity contribution in [2.24, 2.45) is 0 Å². The van der Waals surface area contributed by atoms with Gasteiger partial charge in [0.2, 0.25) is 0 Å². The van der Waals surface area contributed by atoms with Crippen LogP contribution in [0.3, 0.4) is 0 Å². The quantitative estimate of drug-likeness (QED) is 0.791. The third-order valence-electron chi connectivity index (χ3n) is 3.23. The summed E-state index contributed by atoms with van der Waals surface area (Å²) in [5.41, 5.74) is 4.52. The average molecular weight is 304 g/mol. The second-order valence-corrected chi connectivity index (χ2v) is 5.94. The zero-order chi connectivity index (χ0) is 15.4. The van der Waals surface area contributed by atoms with Gasteiger partial charge in [-0.3, -0.25) is 4.79 Å². The van der Waals surface area contributed by atoms with Gasteiger partial charge in [-0.25, -0.2) is 4.98 Å². The van der Waals surface area contributed by atoms with Crippen LogP contribution in [0.1, 0.15) is 23.2 Å². The fraction of sp³-hybridized carbons (Fsp3) is 0.375. The first-order valence-electron chi connectivity index (χ1n) is 6.83. The number of ether oxygens (including phenoxy) is 1. The summed E-state index contributed by atoms with van der Waals surface area (Å²) in [5.74, 6) is -0.202. The van der Waals surface area contributed by atoms with Crippen LogP contribution in [0.4, 0.5) is 10.8 Å². The van der Waals surface area contributed by atoms with E-state index in [0.29, 0.717) is 12.8 Å². The molecule has 0 unspecified atom stereocenters. The molecule has 112 valence electrons. The maximum Gasteiger partial charge on any atom is 0.305 e. The highest BCUT2D eigenvalue weighted by molar-refractivity contribution is 7.13. The number of aryl methyl sites for hydroxylation is 3. The molecule has 0 aliphatic carbocycles. The Bertz CT molecular complexity index is 617. The van der Waals surface area contributed by atoms with E-state index in [2.05, 4.69) is 46.7 Å². The minimum atomic E-state index is -0.202. The molecular formula is C16H20N2O2S. The monoisotopic (exact) mass is 304 g/mol. The molecule has 1 aromatic heterocycles. The molecule has 0 saturated carbocycles. The zero-order valence-electron chi connectivity index (χ0n) is 12.8. The molecule has 0 fully saturated rings. The lowest BCUT2D eigenvalue weighted by molar-refractivity contribution is -0.140. The molecule has 21 heavy (non-hydrogen) atoms. The Labute approximate surface area is 129 Å². The third kappa shape index (κ3) is 4.04. The number of aromatic nitrogens is 1. The second-order valence-electron chi connectivity index (χ2n) is 5.10. The van der Waals surface area contributed by atoms with Crippen molar-refractivity contribution in [1.29, 1.82) is 0 Å². The predicted molar refractivity (Wildman–Crippen MR) is 86.4 cm³/mol. The van der Waals surface area contributed by atoms with E-state index in [-0.39, 0.29) is 5.97 Å². The molecular weight excluding hydrogens is 284 g/mol. The van der Waals surface area contributed by atoms with Gasteiger partial charge >= 0.3 is 5.97 Å². The number of hydrogen-bond donors (Lipinski definition) is 0. The van der Waals surface area contributed by atoms with Gasteiger partial charge in [0.05, 0.1) is 19.2 Å². The number of methoxy groups -OCH3 is 1. The highest BCUT2D eigenvalue weighted by atomic mass is 32.1.